The lowest BCUT2D eigenvalue weighted by atomic mass is 10.2. The Labute approximate surface area is 127 Å². The smallest absolute Gasteiger partial charge is 0.225 e. The summed E-state index contributed by atoms with van der Waals surface area (Å²) in [4.78, 5) is 13.8. The number of anilines is 1. The minimum absolute atomic E-state index is 0.558. The lowest BCUT2D eigenvalue weighted by molar-refractivity contribution is 0.198. The predicted molar refractivity (Wildman–Crippen MR) is 84.5 cm³/mol. The van der Waals surface area contributed by atoms with Gasteiger partial charge in [0.15, 0.2) is 0 Å². The van der Waals surface area contributed by atoms with Crippen molar-refractivity contribution < 1.29 is 4.74 Å². The van der Waals surface area contributed by atoms with Crippen molar-refractivity contribution in [3.05, 3.63) is 18.0 Å². The standard InChI is InChI=1S/C15H27N5O/c1-4-19-6-7-20(12-13(19)2)15-17-10-14(11-18-15)9-16-5-8-21-3/h10-11,13,16H,4-9,12H2,1-3H3. The van der Waals surface area contributed by atoms with Gasteiger partial charge in [0, 0.05) is 63.8 Å². The van der Waals surface area contributed by atoms with Crippen molar-refractivity contribution in [1.29, 1.82) is 0 Å². The van der Waals surface area contributed by atoms with Gasteiger partial charge in [-0.25, -0.2) is 9.97 Å². The molecular weight excluding hydrogens is 266 g/mol. The van der Waals surface area contributed by atoms with Crippen LogP contribution in [0.4, 0.5) is 5.95 Å². The predicted octanol–water partition coefficient (Wildman–Crippen LogP) is 0.743. The third kappa shape index (κ3) is 4.62. The first-order chi connectivity index (χ1) is 10.2. The number of ether oxygens (including phenoxy) is 1. The molecule has 6 heteroatoms. The average molecular weight is 293 g/mol. The lowest BCUT2D eigenvalue weighted by Crippen LogP contribution is -2.52. The summed E-state index contributed by atoms with van der Waals surface area (Å²) in [7, 11) is 1.71. The van der Waals surface area contributed by atoms with Crippen molar-refractivity contribution in [3.8, 4) is 0 Å². The number of hydrogen-bond acceptors (Lipinski definition) is 6. The lowest BCUT2D eigenvalue weighted by Gasteiger charge is -2.39. The van der Waals surface area contributed by atoms with Gasteiger partial charge >= 0.3 is 0 Å². The average Bonchev–Trinajstić information content (AvgIpc) is 2.52. The minimum Gasteiger partial charge on any atom is -0.383 e. The number of rotatable bonds is 7. The van der Waals surface area contributed by atoms with E-state index in [-0.39, 0.29) is 0 Å². The van der Waals surface area contributed by atoms with Crippen LogP contribution in [0.2, 0.25) is 0 Å². The van der Waals surface area contributed by atoms with Gasteiger partial charge in [0.1, 0.15) is 0 Å². The Morgan fingerprint density at radius 3 is 2.71 bits per heavy atom. The fourth-order valence-corrected chi connectivity index (χ4v) is 2.66. The van der Waals surface area contributed by atoms with Crippen LogP contribution in [0.5, 0.6) is 0 Å². The van der Waals surface area contributed by atoms with Crippen molar-refractivity contribution in [2.45, 2.75) is 26.4 Å². The first-order valence-electron chi connectivity index (χ1n) is 7.74. The molecule has 2 rings (SSSR count). The number of nitrogens with one attached hydrogen (secondary N) is 1. The van der Waals surface area contributed by atoms with E-state index < -0.39 is 0 Å². The first-order valence-corrected chi connectivity index (χ1v) is 7.74. The molecule has 1 aliphatic heterocycles. The van der Waals surface area contributed by atoms with Crippen LogP contribution in [0.25, 0.3) is 0 Å². The van der Waals surface area contributed by atoms with Crippen LogP contribution in [0.1, 0.15) is 19.4 Å². The zero-order valence-corrected chi connectivity index (χ0v) is 13.4. The highest BCUT2D eigenvalue weighted by atomic mass is 16.5. The molecule has 6 nitrogen and oxygen atoms in total. The summed E-state index contributed by atoms with van der Waals surface area (Å²) < 4.78 is 5.00. The van der Waals surface area contributed by atoms with Crippen LogP contribution < -0.4 is 10.2 Å². The Hall–Kier alpha value is -1.24. The maximum atomic E-state index is 5.00. The van der Waals surface area contributed by atoms with Gasteiger partial charge in [0.2, 0.25) is 5.95 Å². The van der Waals surface area contributed by atoms with Crippen molar-refractivity contribution in [3.63, 3.8) is 0 Å². The van der Waals surface area contributed by atoms with Gasteiger partial charge in [-0.2, -0.15) is 0 Å². The number of piperazine rings is 1. The molecule has 0 aromatic carbocycles. The molecule has 0 amide bonds. The highest BCUT2D eigenvalue weighted by Gasteiger charge is 2.23. The van der Waals surface area contributed by atoms with Crippen molar-refractivity contribution in [1.82, 2.24) is 20.2 Å². The minimum atomic E-state index is 0.558. The van der Waals surface area contributed by atoms with E-state index in [9.17, 15) is 0 Å². The van der Waals surface area contributed by atoms with E-state index in [1.807, 2.05) is 12.4 Å². The van der Waals surface area contributed by atoms with E-state index in [1.54, 1.807) is 7.11 Å². The SMILES string of the molecule is CCN1CCN(c2ncc(CNCCOC)cn2)CC1C. The number of likely N-dealkylation sites (N-methyl/N-ethyl adjacent to an activating group) is 1. The molecule has 1 atom stereocenters. The first kappa shape index (κ1) is 16.1. The highest BCUT2D eigenvalue weighted by molar-refractivity contribution is 5.31. The molecule has 1 unspecified atom stereocenters. The number of hydrogen-bond donors (Lipinski definition) is 1. The molecule has 0 aliphatic carbocycles. The van der Waals surface area contributed by atoms with Gasteiger partial charge in [0.05, 0.1) is 6.61 Å². The van der Waals surface area contributed by atoms with E-state index >= 15 is 0 Å². The second-order valence-corrected chi connectivity index (χ2v) is 5.48. The number of aromatic nitrogens is 2. The Bertz CT molecular complexity index is 411. The molecule has 2 heterocycles. The van der Waals surface area contributed by atoms with E-state index in [4.69, 9.17) is 4.74 Å². The van der Waals surface area contributed by atoms with Gasteiger partial charge in [-0.15, -0.1) is 0 Å². The molecule has 1 saturated heterocycles. The summed E-state index contributed by atoms with van der Waals surface area (Å²) in [5.74, 6) is 0.846. The fourth-order valence-electron chi connectivity index (χ4n) is 2.66. The van der Waals surface area contributed by atoms with Crippen molar-refractivity contribution in [2.75, 3.05) is 51.3 Å². The topological polar surface area (TPSA) is 53.5 Å². The highest BCUT2D eigenvalue weighted by Crippen LogP contribution is 2.14. The Morgan fingerprint density at radius 2 is 2.10 bits per heavy atom. The fraction of sp³-hybridized carbons (Fsp3) is 0.733. The Morgan fingerprint density at radius 1 is 1.33 bits per heavy atom. The zero-order valence-electron chi connectivity index (χ0n) is 13.4. The molecule has 21 heavy (non-hydrogen) atoms. The summed E-state index contributed by atoms with van der Waals surface area (Å²) in [6.45, 7) is 11.0. The zero-order chi connectivity index (χ0) is 15.1. The second-order valence-electron chi connectivity index (χ2n) is 5.48. The maximum Gasteiger partial charge on any atom is 0.225 e. The summed E-state index contributed by atoms with van der Waals surface area (Å²) in [6, 6.07) is 0.558. The third-order valence-electron chi connectivity index (χ3n) is 3.96. The molecule has 1 aromatic rings. The summed E-state index contributed by atoms with van der Waals surface area (Å²) >= 11 is 0. The van der Waals surface area contributed by atoms with Gasteiger partial charge in [0.25, 0.3) is 0 Å². The van der Waals surface area contributed by atoms with Gasteiger partial charge in [-0.3, -0.25) is 4.90 Å². The summed E-state index contributed by atoms with van der Waals surface area (Å²) in [5, 5.41) is 3.30. The molecule has 0 bridgehead atoms. The summed E-state index contributed by atoms with van der Waals surface area (Å²) in [6.07, 6.45) is 3.83. The molecule has 118 valence electrons. The number of nitrogens with zero attached hydrogens (tertiary/aromatic N) is 4. The van der Waals surface area contributed by atoms with E-state index in [2.05, 4.69) is 38.9 Å². The van der Waals surface area contributed by atoms with Crippen LogP contribution in [-0.4, -0.2) is 67.4 Å². The van der Waals surface area contributed by atoms with Crippen LogP contribution in [0.15, 0.2) is 12.4 Å². The molecular formula is C15H27N5O. The Kier molecular flexibility index (Phi) is 6.35. The van der Waals surface area contributed by atoms with Crippen LogP contribution in [0.3, 0.4) is 0 Å². The number of methoxy groups -OCH3 is 1. The monoisotopic (exact) mass is 293 g/mol. The van der Waals surface area contributed by atoms with Crippen LogP contribution >= 0.6 is 0 Å². The third-order valence-corrected chi connectivity index (χ3v) is 3.96. The van der Waals surface area contributed by atoms with Crippen LogP contribution in [-0.2, 0) is 11.3 Å². The molecule has 1 fully saturated rings. The van der Waals surface area contributed by atoms with Gasteiger partial charge in [-0.1, -0.05) is 6.92 Å². The maximum absolute atomic E-state index is 5.00. The normalized spacial score (nSPS) is 20.0. The molecule has 0 spiro atoms. The molecule has 0 radical (unpaired) electrons. The van der Waals surface area contributed by atoms with E-state index in [0.29, 0.717) is 6.04 Å². The molecule has 1 N–H and O–H groups in total. The van der Waals surface area contributed by atoms with Crippen molar-refractivity contribution in [2.24, 2.45) is 0 Å². The second kappa shape index (κ2) is 8.26. The van der Waals surface area contributed by atoms with Gasteiger partial charge < -0.3 is 15.0 Å². The summed E-state index contributed by atoms with van der Waals surface area (Å²) in [5.41, 5.74) is 1.11. The van der Waals surface area contributed by atoms with Gasteiger partial charge in [-0.05, 0) is 13.5 Å². The van der Waals surface area contributed by atoms with Crippen molar-refractivity contribution >= 4 is 5.95 Å². The Balaban J connectivity index is 1.84. The largest absolute Gasteiger partial charge is 0.383 e. The van der Waals surface area contributed by atoms with Crippen LogP contribution in [0, 0.1) is 0 Å². The molecule has 1 aliphatic rings. The van der Waals surface area contributed by atoms with E-state index in [1.165, 1.54) is 0 Å². The quantitative estimate of drug-likeness (QED) is 0.749. The molecule has 0 saturated carbocycles. The van der Waals surface area contributed by atoms with E-state index in [0.717, 1.165) is 57.4 Å². The molecule has 1 aromatic heterocycles.